The summed E-state index contributed by atoms with van der Waals surface area (Å²) in [5.74, 6) is 2.02. The van der Waals surface area contributed by atoms with Crippen molar-refractivity contribution >= 4 is 23.5 Å². The van der Waals surface area contributed by atoms with Crippen molar-refractivity contribution in [2.75, 3.05) is 11.4 Å². The number of aromatic amines is 1. The lowest BCUT2D eigenvalue weighted by Crippen LogP contribution is -2.28. The smallest absolute Gasteiger partial charge is 0.251 e. The second-order valence-corrected chi connectivity index (χ2v) is 6.65. The van der Waals surface area contributed by atoms with E-state index in [0.717, 1.165) is 12.1 Å². The summed E-state index contributed by atoms with van der Waals surface area (Å²) in [5.41, 5.74) is 0.583. The van der Waals surface area contributed by atoms with Gasteiger partial charge in [-0.05, 0) is 6.42 Å². The molecule has 2 aromatic rings. The topological polar surface area (TPSA) is 83.9 Å². The molecule has 8 heteroatoms. The zero-order valence-corrected chi connectivity index (χ0v) is 14.0. The number of hydrogen-bond acceptors (Lipinski definition) is 5. The Labute approximate surface area is 138 Å². The van der Waals surface area contributed by atoms with Gasteiger partial charge >= 0.3 is 0 Å². The van der Waals surface area contributed by atoms with Gasteiger partial charge in [0.1, 0.15) is 5.82 Å². The van der Waals surface area contributed by atoms with Crippen LogP contribution < -0.4 is 10.5 Å². The number of anilines is 1. The number of H-pyrrole nitrogens is 1. The summed E-state index contributed by atoms with van der Waals surface area (Å²) in [6, 6.07) is 3.35. The molecule has 0 bridgehead atoms. The first kappa shape index (κ1) is 15.8. The van der Waals surface area contributed by atoms with Crippen LogP contribution in [0.3, 0.4) is 0 Å². The third kappa shape index (κ3) is 3.47. The van der Waals surface area contributed by atoms with Crippen molar-refractivity contribution in [2.45, 2.75) is 30.8 Å². The number of thioether (sulfide) groups is 1. The fourth-order valence-corrected chi connectivity index (χ4v) is 3.63. The van der Waals surface area contributed by atoms with Crippen LogP contribution >= 0.6 is 11.8 Å². The van der Waals surface area contributed by atoms with E-state index in [1.807, 2.05) is 26.2 Å². The van der Waals surface area contributed by atoms with E-state index in [1.54, 1.807) is 9.58 Å². The maximum Gasteiger partial charge on any atom is 0.251 e. The summed E-state index contributed by atoms with van der Waals surface area (Å²) >= 11 is 1.54. The summed E-state index contributed by atoms with van der Waals surface area (Å²) in [6.45, 7) is 2.62. The first-order valence-corrected chi connectivity index (χ1v) is 8.63. The molecule has 1 aliphatic rings. The van der Waals surface area contributed by atoms with Gasteiger partial charge in [0.2, 0.25) is 5.91 Å². The quantitative estimate of drug-likeness (QED) is 0.886. The Morgan fingerprint density at radius 3 is 2.96 bits per heavy atom. The highest BCUT2D eigenvalue weighted by Gasteiger charge is 2.33. The van der Waals surface area contributed by atoms with E-state index in [2.05, 4.69) is 15.1 Å². The van der Waals surface area contributed by atoms with Crippen LogP contribution in [0.2, 0.25) is 0 Å². The molecule has 2 aromatic heterocycles. The van der Waals surface area contributed by atoms with Gasteiger partial charge in [0.25, 0.3) is 5.56 Å². The average Bonchev–Trinajstić information content (AvgIpc) is 3.10. The maximum absolute atomic E-state index is 12.5. The van der Waals surface area contributed by atoms with Crippen LogP contribution in [0, 0.1) is 0 Å². The lowest BCUT2D eigenvalue weighted by Gasteiger charge is -2.13. The van der Waals surface area contributed by atoms with Crippen LogP contribution in [0.1, 0.15) is 24.9 Å². The van der Waals surface area contributed by atoms with E-state index >= 15 is 0 Å². The fraction of sp³-hybridized carbons (Fsp3) is 0.467. The van der Waals surface area contributed by atoms with Gasteiger partial charge in [-0.2, -0.15) is 5.10 Å². The first-order chi connectivity index (χ1) is 11.1. The third-order valence-corrected chi connectivity index (χ3v) is 5.05. The normalized spacial score (nSPS) is 17.9. The molecule has 0 aromatic carbocycles. The fourth-order valence-electron chi connectivity index (χ4n) is 2.57. The minimum Gasteiger partial charge on any atom is -0.311 e. The predicted molar refractivity (Wildman–Crippen MR) is 89.5 cm³/mol. The molecule has 0 aliphatic carbocycles. The molecule has 0 saturated carbocycles. The van der Waals surface area contributed by atoms with Crippen molar-refractivity contribution in [3.05, 3.63) is 40.2 Å². The molecule has 3 rings (SSSR count). The molecular weight excluding hydrogens is 314 g/mol. The molecular formula is C15H19N5O2S. The first-order valence-electron chi connectivity index (χ1n) is 7.58. The predicted octanol–water partition coefficient (Wildman–Crippen LogP) is 1.10. The molecule has 3 heterocycles. The van der Waals surface area contributed by atoms with E-state index in [1.165, 1.54) is 17.8 Å². The van der Waals surface area contributed by atoms with Crippen molar-refractivity contribution < 1.29 is 4.79 Å². The van der Waals surface area contributed by atoms with Crippen molar-refractivity contribution in [1.82, 2.24) is 19.7 Å². The summed E-state index contributed by atoms with van der Waals surface area (Å²) in [5, 5.41) is 4.18. The Morgan fingerprint density at radius 1 is 1.43 bits per heavy atom. The van der Waals surface area contributed by atoms with Crippen LogP contribution in [-0.4, -0.2) is 37.5 Å². The van der Waals surface area contributed by atoms with Gasteiger partial charge in [0.05, 0.1) is 10.9 Å². The van der Waals surface area contributed by atoms with Crippen molar-refractivity contribution in [3.63, 3.8) is 0 Å². The SMILES string of the molecule is CCc1nc(CSC2CCN(c3ccn(C)n3)C2=O)cc(=O)[nH]1. The molecule has 0 radical (unpaired) electrons. The Morgan fingerprint density at radius 2 is 2.26 bits per heavy atom. The number of nitrogens with one attached hydrogen (secondary N) is 1. The third-order valence-electron chi connectivity index (χ3n) is 3.74. The molecule has 122 valence electrons. The largest absolute Gasteiger partial charge is 0.311 e. The number of aryl methyl sites for hydroxylation is 2. The molecule has 1 atom stereocenters. The minimum atomic E-state index is -0.139. The van der Waals surface area contributed by atoms with Gasteiger partial charge < -0.3 is 4.98 Å². The lowest BCUT2D eigenvalue weighted by atomic mass is 10.4. The lowest BCUT2D eigenvalue weighted by molar-refractivity contribution is -0.116. The van der Waals surface area contributed by atoms with Crippen LogP contribution in [0.15, 0.2) is 23.1 Å². The molecule has 0 spiro atoms. The minimum absolute atomic E-state index is 0.0780. The average molecular weight is 333 g/mol. The Hall–Kier alpha value is -2.09. The van der Waals surface area contributed by atoms with Crippen LogP contribution in [-0.2, 0) is 24.0 Å². The van der Waals surface area contributed by atoms with E-state index in [9.17, 15) is 9.59 Å². The summed E-state index contributed by atoms with van der Waals surface area (Å²) in [4.78, 5) is 32.9. The second-order valence-electron chi connectivity index (χ2n) is 5.46. The van der Waals surface area contributed by atoms with Crippen LogP contribution in [0.25, 0.3) is 0 Å². The van der Waals surface area contributed by atoms with Gasteiger partial charge in [0.15, 0.2) is 5.82 Å². The number of aromatic nitrogens is 4. The molecule has 1 fully saturated rings. The highest BCUT2D eigenvalue weighted by Crippen LogP contribution is 2.29. The van der Waals surface area contributed by atoms with Gasteiger partial charge in [-0.15, -0.1) is 11.8 Å². The molecule has 1 aliphatic heterocycles. The Balaban J connectivity index is 1.64. The van der Waals surface area contributed by atoms with Gasteiger partial charge in [0, 0.05) is 44.1 Å². The summed E-state index contributed by atoms with van der Waals surface area (Å²) in [7, 11) is 1.83. The number of nitrogens with zero attached hydrogens (tertiary/aromatic N) is 4. The Kier molecular flexibility index (Phi) is 4.51. The second kappa shape index (κ2) is 6.57. The van der Waals surface area contributed by atoms with Crippen LogP contribution in [0.4, 0.5) is 5.82 Å². The van der Waals surface area contributed by atoms with Crippen molar-refractivity contribution in [1.29, 1.82) is 0 Å². The molecule has 1 unspecified atom stereocenters. The number of hydrogen-bond donors (Lipinski definition) is 1. The molecule has 1 amide bonds. The van der Waals surface area contributed by atoms with Crippen molar-refractivity contribution in [3.8, 4) is 0 Å². The van der Waals surface area contributed by atoms with Gasteiger partial charge in [-0.25, -0.2) is 4.98 Å². The van der Waals surface area contributed by atoms with Gasteiger partial charge in [-0.3, -0.25) is 19.2 Å². The zero-order valence-electron chi connectivity index (χ0n) is 13.2. The maximum atomic E-state index is 12.5. The van der Waals surface area contributed by atoms with Gasteiger partial charge in [-0.1, -0.05) is 6.92 Å². The Bertz CT molecular complexity index is 769. The number of carbonyl (C=O) groups is 1. The highest BCUT2D eigenvalue weighted by molar-refractivity contribution is 7.99. The highest BCUT2D eigenvalue weighted by atomic mass is 32.2. The number of rotatable bonds is 5. The summed E-state index contributed by atoms with van der Waals surface area (Å²) in [6.07, 6.45) is 3.29. The molecule has 1 saturated heterocycles. The molecule has 23 heavy (non-hydrogen) atoms. The monoisotopic (exact) mass is 333 g/mol. The van der Waals surface area contributed by atoms with E-state index in [-0.39, 0.29) is 16.7 Å². The zero-order chi connectivity index (χ0) is 16.4. The summed E-state index contributed by atoms with van der Waals surface area (Å²) < 4.78 is 1.69. The van der Waals surface area contributed by atoms with E-state index in [4.69, 9.17) is 0 Å². The standard InChI is InChI=1S/C15H19N5O2S/c1-3-12-16-10(8-14(21)17-12)9-23-11-4-7-20(15(11)22)13-5-6-19(2)18-13/h5-6,8,11H,3-4,7,9H2,1-2H3,(H,16,17,21). The van der Waals surface area contributed by atoms with Crippen LogP contribution in [0.5, 0.6) is 0 Å². The number of amides is 1. The number of carbonyl (C=O) groups excluding carboxylic acids is 1. The van der Waals surface area contributed by atoms with E-state index < -0.39 is 0 Å². The molecule has 1 N–H and O–H groups in total. The van der Waals surface area contributed by atoms with Crippen molar-refractivity contribution in [2.24, 2.45) is 7.05 Å². The van der Waals surface area contributed by atoms with E-state index in [0.29, 0.717) is 30.4 Å². The molecule has 7 nitrogen and oxygen atoms in total.